The molecule has 1 saturated heterocycles. The maximum absolute atomic E-state index is 14.2. The first-order chi connectivity index (χ1) is 21.3. The van der Waals surface area contributed by atoms with Crippen LogP contribution in [0.1, 0.15) is 47.1 Å². The molecule has 0 saturated carbocycles. The van der Waals surface area contributed by atoms with Gasteiger partial charge < -0.3 is 19.2 Å². The molecule has 44 heavy (non-hydrogen) atoms. The number of carbonyl (C=O) groups is 2. The van der Waals surface area contributed by atoms with E-state index in [1.165, 1.54) is 16.4 Å². The number of amides is 1. The normalized spacial score (nSPS) is 15.5. The number of aromatic hydroxyl groups is 1. The van der Waals surface area contributed by atoms with Gasteiger partial charge in [-0.15, -0.1) is 0 Å². The Hall–Kier alpha value is -3.85. The average molecular weight is 626 g/mol. The highest BCUT2D eigenvalue weighted by molar-refractivity contribution is 7.99. The number of aldehydes is 1. The number of carbonyl (C=O) groups excluding carboxylic acids is 2. The fourth-order valence-corrected chi connectivity index (χ4v) is 11.5. The van der Waals surface area contributed by atoms with E-state index in [1.54, 1.807) is 23.9 Å². The Bertz CT molecular complexity index is 1540. The molecule has 4 aromatic rings. The lowest BCUT2D eigenvalue weighted by Crippen LogP contribution is -2.66. The molecule has 1 N–H and O–H groups in total. The predicted octanol–water partition coefficient (Wildman–Crippen LogP) is 5.92. The largest absolute Gasteiger partial charge is 0.507 e. The van der Waals surface area contributed by atoms with Gasteiger partial charge >= 0.3 is 0 Å². The molecule has 1 amide bonds. The van der Waals surface area contributed by atoms with Crippen molar-refractivity contribution >= 4 is 42.6 Å². The van der Waals surface area contributed by atoms with Crippen LogP contribution in [0.25, 0.3) is 0 Å². The van der Waals surface area contributed by atoms with Crippen molar-refractivity contribution in [1.29, 1.82) is 0 Å². The number of thioether (sulfide) groups is 1. The Morgan fingerprint density at radius 1 is 0.932 bits per heavy atom. The summed E-state index contributed by atoms with van der Waals surface area (Å²) >= 11 is 1.77. The van der Waals surface area contributed by atoms with E-state index in [9.17, 15) is 14.7 Å². The lowest BCUT2D eigenvalue weighted by atomic mass is 10.1. The molecule has 4 aromatic carbocycles. The van der Waals surface area contributed by atoms with Crippen LogP contribution in [-0.4, -0.2) is 61.2 Å². The third-order valence-corrected chi connectivity index (χ3v) is 14.3. The predicted molar refractivity (Wildman–Crippen MR) is 180 cm³/mol. The number of phenols is 1. The molecular formula is C36H39NO5SSi. The third-order valence-electron chi connectivity index (χ3n) is 8.19. The van der Waals surface area contributed by atoms with E-state index in [1.807, 2.05) is 41.3 Å². The molecule has 1 aliphatic rings. The number of hydrogen-bond acceptors (Lipinski definition) is 6. The van der Waals surface area contributed by atoms with Crippen molar-refractivity contribution in [2.45, 2.75) is 38.5 Å². The van der Waals surface area contributed by atoms with E-state index in [0.29, 0.717) is 36.5 Å². The zero-order valence-electron chi connectivity index (χ0n) is 25.4. The molecular weight excluding hydrogens is 587 g/mol. The van der Waals surface area contributed by atoms with Gasteiger partial charge in [-0.1, -0.05) is 106 Å². The van der Waals surface area contributed by atoms with Crippen LogP contribution in [0.4, 0.5) is 0 Å². The molecule has 0 bridgehead atoms. The Balaban J connectivity index is 1.43. The molecule has 0 aromatic heterocycles. The van der Waals surface area contributed by atoms with Crippen LogP contribution in [-0.2, 0) is 11.0 Å². The first-order valence-corrected chi connectivity index (χ1v) is 17.9. The van der Waals surface area contributed by atoms with E-state index in [0.717, 1.165) is 11.3 Å². The summed E-state index contributed by atoms with van der Waals surface area (Å²) in [5, 5.41) is 12.3. The minimum Gasteiger partial charge on any atom is -0.507 e. The number of hydrogen-bond donors (Lipinski definition) is 1. The Morgan fingerprint density at radius 2 is 1.57 bits per heavy atom. The van der Waals surface area contributed by atoms with Gasteiger partial charge in [-0.2, -0.15) is 11.8 Å². The number of benzene rings is 4. The Labute approximate surface area is 265 Å². The van der Waals surface area contributed by atoms with Crippen LogP contribution < -0.4 is 15.1 Å². The Morgan fingerprint density at radius 3 is 2.20 bits per heavy atom. The van der Waals surface area contributed by atoms with Crippen LogP contribution in [0.3, 0.4) is 0 Å². The minimum absolute atomic E-state index is 0.0629. The number of phenolic OH excluding ortho intramolecular Hbond substituents is 1. The zero-order valence-corrected chi connectivity index (χ0v) is 27.3. The zero-order chi connectivity index (χ0) is 31.2. The fourth-order valence-electron chi connectivity index (χ4n) is 5.98. The molecule has 228 valence electrons. The van der Waals surface area contributed by atoms with E-state index in [4.69, 9.17) is 9.16 Å². The lowest BCUT2D eigenvalue weighted by molar-refractivity contribution is 0.0644. The summed E-state index contributed by atoms with van der Waals surface area (Å²) in [6.07, 6.45) is 0.589. The number of rotatable bonds is 10. The van der Waals surface area contributed by atoms with Gasteiger partial charge in [0.1, 0.15) is 18.1 Å². The van der Waals surface area contributed by atoms with Gasteiger partial charge in [0.2, 0.25) is 0 Å². The fraction of sp³-hybridized carbons (Fsp3) is 0.278. The maximum atomic E-state index is 14.2. The lowest BCUT2D eigenvalue weighted by Gasteiger charge is -2.43. The van der Waals surface area contributed by atoms with Crippen molar-refractivity contribution in [1.82, 2.24) is 4.90 Å². The summed E-state index contributed by atoms with van der Waals surface area (Å²) in [6, 6.07) is 33.3. The minimum atomic E-state index is -2.80. The van der Waals surface area contributed by atoms with Gasteiger partial charge in [-0.25, -0.2) is 0 Å². The molecule has 0 radical (unpaired) electrons. The summed E-state index contributed by atoms with van der Waals surface area (Å²) in [6.45, 7) is 7.83. The number of ether oxygens (including phenoxy) is 1. The topological polar surface area (TPSA) is 76.1 Å². The summed E-state index contributed by atoms with van der Waals surface area (Å²) in [5.41, 5.74) is 1.58. The van der Waals surface area contributed by atoms with E-state index >= 15 is 0 Å². The van der Waals surface area contributed by atoms with Gasteiger partial charge in [0.05, 0.1) is 18.2 Å². The molecule has 0 aliphatic carbocycles. The van der Waals surface area contributed by atoms with Gasteiger partial charge in [0.15, 0.2) is 6.29 Å². The first kappa shape index (κ1) is 31.6. The molecule has 1 atom stereocenters. The molecule has 1 aliphatic heterocycles. The quantitative estimate of drug-likeness (QED) is 0.174. The maximum Gasteiger partial charge on any atom is 0.261 e. The van der Waals surface area contributed by atoms with E-state index in [2.05, 4.69) is 69.3 Å². The van der Waals surface area contributed by atoms with Gasteiger partial charge in [-0.3, -0.25) is 9.59 Å². The molecule has 5 rings (SSSR count). The second kappa shape index (κ2) is 13.8. The molecule has 1 fully saturated rings. The van der Waals surface area contributed by atoms with Crippen LogP contribution in [0, 0.1) is 0 Å². The first-order valence-electron chi connectivity index (χ1n) is 14.9. The van der Waals surface area contributed by atoms with E-state index in [-0.39, 0.29) is 34.9 Å². The molecule has 8 heteroatoms. The molecule has 0 spiro atoms. The van der Waals surface area contributed by atoms with Crippen molar-refractivity contribution in [2.75, 3.05) is 24.7 Å². The molecule has 1 heterocycles. The second-order valence-electron chi connectivity index (χ2n) is 12.0. The Kier molecular flexibility index (Phi) is 9.93. The summed E-state index contributed by atoms with van der Waals surface area (Å²) in [5.74, 6) is 1.66. The third kappa shape index (κ3) is 6.48. The van der Waals surface area contributed by atoms with Gasteiger partial charge in [0, 0.05) is 23.6 Å². The van der Waals surface area contributed by atoms with Crippen LogP contribution in [0.15, 0.2) is 103 Å². The van der Waals surface area contributed by atoms with Gasteiger partial charge in [-0.05, 0) is 39.2 Å². The van der Waals surface area contributed by atoms with Crippen LogP contribution in [0.5, 0.6) is 11.5 Å². The summed E-state index contributed by atoms with van der Waals surface area (Å²) < 4.78 is 13.2. The van der Waals surface area contributed by atoms with Crippen molar-refractivity contribution in [3.63, 3.8) is 0 Å². The molecule has 6 nitrogen and oxygen atoms in total. The van der Waals surface area contributed by atoms with Crippen molar-refractivity contribution in [2.24, 2.45) is 0 Å². The van der Waals surface area contributed by atoms with Gasteiger partial charge in [0.25, 0.3) is 14.2 Å². The highest BCUT2D eigenvalue weighted by Gasteiger charge is 2.50. The van der Waals surface area contributed by atoms with Crippen molar-refractivity contribution < 1.29 is 23.9 Å². The van der Waals surface area contributed by atoms with Crippen LogP contribution in [0.2, 0.25) is 5.04 Å². The van der Waals surface area contributed by atoms with Crippen molar-refractivity contribution in [3.05, 3.63) is 120 Å². The van der Waals surface area contributed by atoms with E-state index < -0.39 is 8.32 Å². The second-order valence-corrected chi connectivity index (χ2v) is 17.4. The highest BCUT2D eigenvalue weighted by Crippen LogP contribution is 2.37. The monoisotopic (exact) mass is 625 g/mol. The molecule has 0 unspecified atom stereocenters. The number of nitrogens with zero attached hydrogens (tertiary/aromatic N) is 1. The van der Waals surface area contributed by atoms with Crippen LogP contribution >= 0.6 is 11.8 Å². The smallest absolute Gasteiger partial charge is 0.261 e. The standard InChI is InChI=1S/C36H39NO5SSi/c1-36(2,3)44(29-14-6-4-7-15-29,30-16-8-5-9-17-30)42-24-27-13-10-11-18-31(27)35(40)37-21-22-43-26-28(37)25-41-34-20-12-19-33(39)32(34)23-38/h4-20,23,28,39H,21-22,24-26H2,1-3H3/t28-/m1/s1. The summed E-state index contributed by atoms with van der Waals surface area (Å²) in [4.78, 5) is 27.6. The van der Waals surface area contributed by atoms with Crippen molar-refractivity contribution in [3.8, 4) is 11.5 Å². The summed E-state index contributed by atoms with van der Waals surface area (Å²) in [7, 11) is -2.80. The highest BCUT2D eigenvalue weighted by atomic mass is 32.2. The average Bonchev–Trinajstić information content (AvgIpc) is 3.04. The SMILES string of the molecule is CC(C)(C)[Si](OCc1ccccc1C(=O)N1CCSC[C@H]1COc1cccc(O)c1C=O)(c1ccccc1)c1ccccc1.